The fraction of sp³-hybridized carbons (Fsp3) is 0.391. The van der Waals surface area contributed by atoms with Crippen molar-refractivity contribution in [3.63, 3.8) is 0 Å². The molecule has 1 aliphatic heterocycles. The Morgan fingerprint density at radius 3 is 2.69 bits per heavy atom. The molecule has 0 radical (unpaired) electrons. The van der Waals surface area contributed by atoms with Crippen molar-refractivity contribution >= 4 is 37.5 Å². The molecule has 0 unspecified atom stereocenters. The van der Waals surface area contributed by atoms with Crippen molar-refractivity contribution < 1.29 is 13.2 Å². The SMILES string of the molecule is CN(CCc1ccc(C2=NCCN2)cc1)C(=O)CCCNCS(=O)(=O)c1cccc(Br)c1. The first-order valence-electron chi connectivity index (χ1n) is 10.7. The van der Waals surface area contributed by atoms with Gasteiger partial charge in [0.05, 0.1) is 11.4 Å². The number of nitrogens with one attached hydrogen (secondary N) is 2. The summed E-state index contributed by atoms with van der Waals surface area (Å²) in [4.78, 5) is 18.8. The molecule has 3 rings (SSSR count). The summed E-state index contributed by atoms with van der Waals surface area (Å²) in [7, 11) is -1.59. The topological polar surface area (TPSA) is 90.9 Å². The molecule has 0 saturated carbocycles. The Kier molecular flexibility index (Phi) is 8.84. The van der Waals surface area contributed by atoms with E-state index in [-0.39, 0.29) is 16.7 Å². The van der Waals surface area contributed by atoms with Gasteiger partial charge in [-0.05, 0) is 43.1 Å². The third-order valence-electron chi connectivity index (χ3n) is 5.25. The second-order valence-electron chi connectivity index (χ2n) is 7.74. The van der Waals surface area contributed by atoms with E-state index in [9.17, 15) is 13.2 Å². The summed E-state index contributed by atoms with van der Waals surface area (Å²) >= 11 is 3.29. The number of sulfone groups is 1. The molecule has 1 aliphatic rings. The molecule has 9 heteroatoms. The van der Waals surface area contributed by atoms with E-state index in [1.165, 1.54) is 5.56 Å². The Morgan fingerprint density at radius 1 is 1.22 bits per heavy atom. The number of carbonyl (C=O) groups excluding carboxylic acids is 1. The highest BCUT2D eigenvalue weighted by Gasteiger charge is 2.14. The van der Waals surface area contributed by atoms with E-state index in [1.807, 2.05) is 0 Å². The summed E-state index contributed by atoms with van der Waals surface area (Å²) in [5.74, 6) is 0.857. The van der Waals surface area contributed by atoms with Crippen LogP contribution in [0.4, 0.5) is 0 Å². The van der Waals surface area contributed by atoms with Crippen molar-refractivity contribution in [1.82, 2.24) is 15.5 Å². The highest BCUT2D eigenvalue weighted by molar-refractivity contribution is 9.10. The summed E-state index contributed by atoms with van der Waals surface area (Å²) < 4.78 is 25.4. The van der Waals surface area contributed by atoms with Crippen molar-refractivity contribution in [2.75, 3.05) is 39.1 Å². The summed E-state index contributed by atoms with van der Waals surface area (Å²) in [6.07, 6.45) is 1.75. The molecule has 32 heavy (non-hydrogen) atoms. The first kappa shape index (κ1) is 24.4. The first-order valence-corrected chi connectivity index (χ1v) is 13.1. The van der Waals surface area contributed by atoms with Gasteiger partial charge < -0.3 is 15.5 Å². The van der Waals surface area contributed by atoms with Gasteiger partial charge in [0.1, 0.15) is 11.7 Å². The van der Waals surface area contributed by atoms with Crippen molar-refractivity contribution in [2.24, 2.45) is 4.99 Å². The van der Waals surface area contributed by atoms with Crippen molar-refractivity contribution in [3.05, 3.63) is 64.1 Å². The average molecular weight is 521 g/mol. The maximum atomic E-state index is 12.4. The average Bonchev–Trinajstić information content (AvgIpc) is 3.32. The van der Waals surface area contributed by atoms with Gasteiger partial charge >= 0.3 is 0 Å². The number of amidine groups is 1. The van der Waals surface area contributed by atoms with Crippen molar-refractivity contribution in [2.45, 2.75) is 24.2 Å². The second-order valence-corrected chi connectivity index (χ2v) is 10.6. The Bertz CT molecular complexity index is 1060. The third-order valence-corrected chi connectivity index (χ3v) is 7.30. The van der Waals surface area contributed by atoms with Gasteiger partial charge in [0, 0.05) is 36.6 Å². The lowest BCUT2D eigenvalue weighted by molar-refractivity contribution is -0.129. The quantitative estimate of drug-likeness (QED) is 0.444. The van der Waals surface area contributed by atoms with E-state index < -0.39 is 9.84 Å². The number of hydrogen-bond acceptors (Lipinski definition) is 6. The Hall–Kier alpha value is -2.23. The number of benzene rings is 2. The van der Waals surface area contributed by atoms with Gasteiger partial charge in [-0.25, -0.2) is 8.42 Å². The second kappa shape index (κ2) is 11.6. The summed E-state index contributed by atoms with van der Waals surface area (Å²) in [5.41, 5.74) is 2.26. The van der Waals surface area contributed by atoms with Gasteiger partial charge in [-0.1, -0.05) is 46.3 Å². The molecule has 2 aromatic rings. The number of aliphatic imine (C=N–C) groups is 1. The lowest BCUT2D eigenvalue weighted by atomic mass is 10.1. The van der Waals surface area contributed by atoms with Gasteiger partial charge in [0.15, 0.2) is 9.84 Å². The van der Waals surface area contributed by atoms with Crippen LogP contribution in [0, 0.1) is 0 Å². The molecule has 0 aliphatic carbocycles. The number of amides is 1. The standard InChI is InChI=1S/C23H29BrN4O3S/c1-28(15-11-18-7-9-19(10-8-18)23-26-13-14-27-23)22(29)6-3-12-25-17-32(30,31)21-5-2-4-20(24)16-21/h2,4-5,7-10,16,25H,3,6,11-15,17H2,1H3,(H,26,27). The highest BCUT2D eigenvalue weighted by atomic mass is 79.9. The van der Waals surface area contributed by atoms with E-state index in [0.29, 0.717) is 25.9 Å². The maximum absolute atomic E-state index is 12.4. The molecule has 0 saturated heterocycles. The van der Waals surface area contributed by atoms with Crippen LogP contribution in [0.5, 0.6) is 0 Å². The third kappa shape index (κ3) is 7.15. The van der Waals surface area contributed by atoms with Gasteiger partial charge in [-0.2, -0.15) is 0 Å². The van der Waals surface area contributed by atoms with Crippen LogP contribution in [0.15, 0.2) is 62.9 Å². The Morgan fingerprint density at radius 2 is 2.00 bits per heavy atom. The van der Waals surface area contributed by atoms with Crippen LogP contribution in [-0.2, 0) is 21.1 Å². The summed E-state index contributed by atoms with van der Waals surface area (Å²) in [6.45, 7) is 2.81. The lowest BCUT2D eigenvalue weighted by Gasteiger charge is -2.17. The fourth-order valence-electron chi connectivity index (χ4n) is 3.35. The molecule has 172 valence electrons. The zero-order valence-corrected chi connectivity index (χ0v) is 20.6. The zero-order valence-electron chi connectivity index (χ0n) is 18.2. The molecule has 0 atom stereocenters. The molecule has 0 bridgehead atoms. The molecule has 2 aromatic carbocycles. The molecule has 0 fully saturated rings. The van der Waals surface area contributed by atoms with Crippen LogP contribution in [0.25, 0.3) is 0 Å². The molecule has 7 nitrogen and oxygen atoms in total. The first-order chi connectivity index (χ1) is 15.3. The maximum Gasteiger partial charge on any atom is 0.222 e. The number of nitrogens with zero attached hydrogens (tertiary/aromatic N) is 2. The van der Waals surface area contributed by atoms with Gasteiger partial charge in [0.2, 0.25) is 5.91 Å². The van der Waals surface area contributed by atoms with Crippen LogP contribution in [0.1, 0.15) is 24.0 Å². The van der Waals surface area contributed by atoms with Gasteiger partial charge in [-0.3, -0.25) is 9.79 Å². The van der Waals surface area contributed by atoms with E-state index >= 15 is 0 Å². The summed E-state index contributed by atoms with van der Waals surface area (Å²) in [5, 5.41) is 6.20. The number of halogens is 1. The van der Waals surface area contributed by atoms with E-state index in [1.54, 1.807) is 36.2 Å². The minimum Gasteiger partial charge on any atom is -0.368 e. The van der Waals surface area contributed by atoms with Crippen LogP contribution in [0.3, 0.4) is 0 Å². The number of rotatable bonds is 11. The normalized spacial score (nSPS) is 13.5. The number of hydrogen-bond donors (Lipinski definition) is 2. The summed E-state index contributed by atoms with van der Waals surface area (Å²) in [6, 6.07) is 14.9. The predicted octanol–water partition coefficient (Wildman–Crippen LogP) is 2.60. The predicted molar refractivity (Wildman–Crippen MR) is 131 cm³/mol. The van der Waals surface area contributed by atoms with Crippen LogP contribution in [0.2, 0.25) is 0 Å². The molecule has 0 spiro atoms. The molecule has 1 heterocycles. The highest BCUT2D eigenvalue weighted by Crippen LogP contribution is 2.16. The fourth-order valence-corrected chi connectivity index (χ4v) is 5.07. The monoisotopic (exact) mass is 520 g/mol. The molecular formula is C23H29BrN4O3S. The molecule has 0 aromatic heterocycles. The van der Waals surface area contributed by atoms with E-state index in [2.05, 4.69) is 55.8 Å². The van der Waals surface area contributed by atoms with E-state index in [4.69, 9.17) is 0 Å². The largest absolute Gasteiger partial charge is 0.368 e. The Labute approximate surface area is 198 Å². The Balaban J connectivity index is 1.34. The minimum atomic E-state index is -3.40. The zero-order chi connectivity index (χ0) is 23.0. The van der Waals surface area contributed by atoms with Crippen LogP contribution in [-0.4, -0.2) is 64.2 Å². The van der Waals surface area contributed by atoms with Crippen LogP contribution >= 0.6 is 15.9 Å². The van der Waals surface area contributed by atoms with Crippen molar-refractivity contribution in [1.29, 1.82) is 0 Å². The smallest absolute Gasteiger partial charge is 0.222 e. The minimum absolute atomic E-state index is 0.0581. The molecule has 2 N–H and O–H groups in total. The van der Waals surface area contributed by atoms with Gasteiger partial charge in [-0.15, -0.1) is 0 Å². The molecular weight excluding hydrogens is 492 g/mol. The molecule has 1 amide bonds. The van der Waals surface area contributed by atoms with E-state index in [0.717, 1.165) is 35.4 Å². The van der Waals surface area contributed by atoms with Crippen LogP contribution < -0.4 is 10.6 Å². The lowest BCUT2D eigenvalue weighted by Crippen LogP contribution is -2.30. The van der Waals surface area contributed by atoms with Crippen molar-refractivity contribution in [3.8, 4) is 0 Å². The van der Waals surface area contributed by atoms with Gasteiger partial charge in [0.25, 0.3) is 0 Å². The number of carbonyl (C=O) groups is 1. The number of likely N-dealkylation sites (N-methyl/N-ethyl adjacent to an activating group) is 1.